The summed E-state index contributed by atoms with van der Waals surface area (Å²) in [5.41, 5.74) is 1.20. The molecule has 0 aromatic heterocycles. The van der Waals surface area contributed by atoms with E-state index >= 15 is 0 Å². The van der Waals surface area contributed by atoms with Crippen LogP contribution in [-0.4, -0.2) is 55.0 Å². The van der Waals surface area contributed by atoms with Crippen molar-refractivity contribution in [1.29, 1.82) is 0 Å². The number of fused-ring (bicyclic) bond motifs is 2. The van der Waals surface area contributed by atoms with Crippen molar-refractivity contribution in [2.45, 2.75) is 19.8 Å². The van der Waals surface area contributed by atoms with E-state index in [9.17, 15) is 4.79 Å². The molecule has 3 atom stereocenters. The lowest BCUT2D eigenvalue weighted by Crippen LogP contribution is -2.51. The van der Waals surface area contributed by atoms with Crippen LogP contribution < -0.4 is 4.74 Å². The van der Waals surface area contributed by atoms with E-state index in [0.717, 1.165) is 49.7 Å². The molecule has 1 heterocycles. The maximum atomic E-state index is 12.4. The molecule has 0 radical (unpaired) electrons. The first-order valence-electron chi connectivity index (χ1n) is 9.55. The van der Waals surface area contributed by atoms with Gasteiger partial charge in [0.25, 0.3) is 5.91 Å². The van der Waals surface area contributed by atoms with Crippen molar-refractivity contribution in [3.63, 3.8) is 0 Å². The van der Waals surface area contributed by atoms with Gasteiger partial charge in [-0.05, 0) is 49.7 Å². The zero-order valence-corrected chi connectivity index (χ0v) is 15.1. The first-order chi connectivity index (χ1) is 12.2. The van der Waals surface area contributed by atoms with Gasteiger partial charge in [-0.25, -0.2) is 0 Å². The molecule has 2 fully saturated rings. The fourth-order valence-electron chi connectivity index (χ4n) is 4.49. The largest absolute Gasteiger partial charge is 0.484 e. The molecule has 1 saturated heterocycles. The number of piperazine rings is 1. The number of rotatable bonds is 5. The van der Waals surface area contributed by atoms with Crippen LogP contribution in [0.5, 0.6) is 5.75 Å². The van der Waals surface area contributed by atoms with Gasteiger partial charge >= 0.3 is 0 Å². The van der Waals surface area contributed by atoms with Gasteiger partial charge in [0.05, 0.1) is 0 Å². The lowest BCUT2D eigenvalue weighted by molar-refractivity contribution is -0.135. The second-order valence-corrected chi connectivity index (χ2v) is 7.82. The van der Waals surface area contributed by atoms with Crippen LogP contribution >= 0.6 is 0 Å². The van der Waals surface area contributed by atoms with Crippen molar-refractivity contribution < 1.29 is 9.53 Å². The van der Waals surface area contributed by atoms with Crippen LogP contribution in [0.4, 0.5) is 0 Å². The second kappa shape index (κ2) is 7.20. The van der Waals surface area contributed by atoms with E-state index in [1.165, 1.54) is 24.9 Å². The summed E-state index contributed by atoms with van der Waals surface area (Å²) in [7, 11) is 0. The molecule has 0 spiro atoms. The zero-order chi connectivity index (χ0) is 17.2. The topological polar surface area (TPSA) is 32.8 Å². The highest BCUT2D eigenvalue weighted by molar-refractivity contribution is 5.77. The molecule has 0 unspecified atom stereocenters. The van der Waals surface area contributed by atoms with Crippen LogP contribution in [0.25, 0.3) is 0 Å². The predicted molar refractivity (Wildman–Crippen MR) is 98.5 cm³/mol. The maximum Gasteiger partial charge on any atom is 0.260 e. The van der Waals surface area contributed by atoms with Crippen LogP contribution in [0.3, 0.4) is 0 Å². The van der Waals surface area contributed by atoms with Crippen molar-refractivity contribution in [2.24, 2.45) is 17.8 Å². The Balaban J connectivity index is 1.19. The van der Waals surface area contributed by atoms with Crippen molar-refractivity contribution in [1.82, 2.24) is 9.80 Å². The second-order valence-electron chi connectivity index (χ2n) is 7.82. The number of hydrogen-bond acceptors (Lipinski definition) is 3. The number of carbonyl (C=O) groups is 1. The fraction of sp³-hybridized carbons (Fsp3) is 0.571. The quantitative estimate of drug-likeness (QED) is 0.773. The van der Waals surface area contributed by atoms with Crippen LogP contribution in [0.2, 0.25) is 0 Å². The molecular weight excluding hydrogens is 312 g/mol. The molecule has 2 bridgehead atoms. The third-order valence-electron chi connectivity index (χ3n) is 6.02. The number of carbonyl (C=O) groups excluding carboxylic acids is 1. The summed E-state index contributed by atoms with van der Waals surface area (Å²) in [6, 6.07) is 7.85. The van der Waals surface area contributed by atoms with Crippen LogP contribution in [-0.2, 0) is 4.79 Å². The molecule has 1 saturated carbocycles. The van der Waals surface area contributed by atoms with E-state index in [-0.39, 0.29) is 12.5 Å². The van der Waals surface area contributed by atoms with Crippen molar-refractivity contribution >= 4 is 5.91 Å². The summed E-state index contributed by atoms with van der Waals surface area (Å²) in [4.78, 5) is 16.9. The Labute approximate surface area is 150 Å². The SMILES string of the molecule is Cc1ccc(OCC(=O)N2CCN(C[C@H]3C[C@H]4C=C[C@@H]3C4)CC2)cc1. The van der Waals surface area contributed by atoms with Crippen LogP contribution in [0.15, 0.2) is 36.4 Å². The minimum atomic E-state index is 0.100. The number of allylic oxidation sites excluding steroid dienone is 2. The van der Waals surface area contributed by atoms with Gasteiger partial charge in [0.1, 0.15) is 5.75 Å². The molecule has 134 valence electrons. The van der Waals surface area contributed by atoms with Gasteiger partial charge in [-0.1, -0.05) is 29.8 Å². The molecule has 4 heteroatoms. The van der Waals surface area contributed by atoms with E-state index in [2.05, 4.69) is 17.1 Å². The van der Waals surface area contributed by atoms with Gasteiger partial charge in [-0.3, -0.25) is 9.69 Å². The number of nitrogens with zero attached hydrogens (tertiary/aromatic N) is 2. The highest BCUT2D eigenvalue weighted by atomic mass is 16.5. The molecule has 1 aromatic rings. The fourth-order valence-corrected chi connectivity index (χ4v) is 4.49. The monoisotopic (exact) mass is 340 g/mol. The van der Waals surface area contributed by atoms with E-state index in [1.807, 2.05) is 36.1 Å². The summed E-state index contributed by atoms with van der Waals surface area (Å²) in [5, 5.41) is 0. The standard InChI is InChI=1S/C21H28N2O2/c1-16-2-6-20(7-3-16)25-15-21(24)23-10-8-22(9-11-23)14-19-13-17-4-5-18(19)12-17/h2-7,17-19H,8-15H2,1H3/t17-,18+,19+/m0/s1. The Bertz CT molecular complexity index is 632. The van der Waals surface area contributed by atoms with E-state index in [1.54, 1.807) is 0 Å². The van der Waals surface area contributed by atoms with Crippen LogP contribution in [0, 0.1) is 24.7 Å². The molecule has 1 aromatic carbocycles. The predicted octanol–water partition coefficient (Wildman–Crippen LogP) is 2.73. The van der Waals surface area contributed by atoms with Gasteiger partial charge in [-0.2, -0.15) is 0 Å². The summed E-state index contributed by atoms with van der Waals surface area (Å²) in [5.74, 6) is 3.36. The maximum absolute atomic E-state index is 12.4. The minimum absolute atomic E-state index is 0.100. The first kappa shape index (κ1) is 16.6. The number of amides is 1. The Morgan fingerprint density at radius 2 is 1.84 bits per heavy atom. The van der Waals surface area contributed by atoms with Crippen LogP contribution in [0.1, 0.15) is 18.4 Å². The summed E-state index contributed by atoms with van der Waals surface area (Å²) >= 11 is 0. The number of hydrogen-bond donors (Lipinski definition) is 0. The average Bonchev–Trinajstić information content (AvgIpc) is 3.25. The van der Waals surface area contributed by atoms with E-state index in [0.29, 0.717) is 0 Å². The summed E-state index contributed by atoms with van der Waals surface area (Å²) in [6.07, 6.45) is 7.58. The van der Waals surface area contributed by atoms with Gasteiger partial charge in [0.2, 0.25) is 0 Å². The molecule has 0 N–H and O–H groups in total. The highest BCUT2D eigenvalue weighted by Crippen LogP contribution is 2.43. The highest BCUT2D eigenvalue weighted by Gasteiger charge is 2.36. The Hall–Kier alpha value is -1.81. The van der Waals surface area contributed by atoms with Crippen molar-refractivity contribution in [3.8, 4) is 5.75 Å². The molecule has 25 heavy (non-hydrogen) atoms. The molecular formula is C21H28N2O2. The smallest absolute Gasteiger partial charge is 0.260 e. The third kappa shape index (κ3) is 3.90. The summed E-state index contributed by atoms with van der Waals surface area (Å²) < 4.78 is 5.63. The molecule has 2 aliphatic carbocycles. The Morgan fingerprint density at radius 1 is 1.08 bits per heavy atom. The van der Waals surface area contributed by atoms with E-state index in [4.69, 9.17) is 4.74 Å². The van der Waals surface area contributed by atoms with Crippen molar-refractivity contribution in [2.75, 3.05) is 39.3 Å². The molecule has 4 nitrogen and oxygen atoms in total. The number of aryl methyl sites for hydroxylation is 1. The Morgan fingerprint density at radius 3 is 2.48 bits per heavy atom. The lowest BCUT2D eigenvalue weighted by Gasteiger charge is -2.36. The zero-order valence-electron chi connectivity index (χ0n) is 15.1. The lowest BCUT2D eigenvalue weighted by atomic mass is 9.93. The van der Waals surface area contributed by atoms with Gasteiger partial charge in [0, 0.05) is 32.7 Å². The van der Waals surface area contributed by atoms with E-state index < -0.39 is 0 Å². The van der Waals surface area contributed by atoms with Gasteiger partial charge in [-0.15, -0.1) is 0 Å². The molecule has 1 aliphatic heterocycles. The van der Waals surface area contributed by atoms with Gasteiger partial charge in [0.15, 0.2) is 6.61 Å². The average molecular weight is 340 g/mol. The molecule has 1 amide bonds. The first-order valence-corrected chi connectivity index (χ1v) is 9.55. The molecule has 3 aliphatic rings. The van der Waals surface area contributed by atoms with Crippen molar-refractivity contribution in [3.05, 3.63) is 42.0 Å². The number of benzene rings is 1. The Kier molecular flexibility index (Phi) is 4.80. The minimum Gasteiger partial charge on any atom is -0.484 e. The third-order valence-corrected chi connectivity index (χ3v) is 6.02. The molecule has 4 rings (SSSR count). The summed E-state index contributed by atoms with van der Waals surface area (Å²) in [6.45, 7) is 7.02. The normalized spacial score (nSPS) is 28.5. The van der Waals surface area contributed by atoms with Gasteiger partial charge < -0.3 is 9.64 Å². The number of ether oxygens (including phenoxy) is 1.